The Labute approximate surface area is 155 Å². The van der Waals surface area contributed by atoms with Crippen molar-refractivity contribution in [3.05, 3.63) is 59.7 Å². The van der Waals surface area contributed by atoms with Gasteiger partial charge >= 0.3 is 0 Å². The fraction of sp³-hybridized carbons (Fsp3) is 0.333. The third kappa shape index (κ3) is 5.17. The Morgan fingerprint density at radius 3 is 2.15 bits per heavy atom. The van der Waals surface area contributed by atoms with Crippen LogP contribution in [0.5, 0.6) is 5.75 Å². The highest BCUT2D eigenvalue weighted by Crippen LogP contribution is 2.18. The summed E-state index contributed by atoms with van der Waals surface area (Å²) in [5.41, 5.74) is 1.51. The van der Waals surface area contributed by atoms with Crippen molar-refractivity contribution in [2.24, 2.45) is 0 Å². The number of benzene rings is 2. The summed E-state index contributed by atoms with van der Waals surface area (Å²) in [7, 11) is 1.59. The molecule has 5 heteroatoms. The summed E-state index contributed by atoms with van der Waals surface area (Å²) in [4.78, 5) is 27.5. The maximum Gasteiger partial charge on any atom is 0.256 e. The fourth-order valence-electron chi connectivity index (χ4n) is 2.73. The number of methoxy groups -OCH3 is 1. The third-order valence-electron chi connectivity index (χ3n) is 4.37. The summed E-state index contributed by atoms with van der Waals surface area (Å²) in [6.07, 6.45) is 0.397. The van der Waals surface area contributed by atoms with E-state index in [1.54, 1.807) is 55.6 Å². The molecule has 2 rings (SSSR count). The monoisotopic (exact) mass is 354 g/mol. The zero-order chi connectivity index (χ0) is 18.9. The van der Waals surface area contributed by atoms with Crippen LogP contribution < -0.4 is 10.1 Å². The van der Waals surface area contributed by atoms with E-state index in [0.717, 1.165) is 18.8 Å². The van der Waals surface area contributed by atoms with Gasteiger partial charge in [0.25, 0.3) is 5.91 Å². The molecule has 0 radical (unpaired) electrons. The molecule has 0 spiro atoms. The SMILES string of the molecule is CCN(CC)CCC(=O)c1ccccc1C(=O)Nc1ccc(OC)cc1. The number of Topliss-reactive ketones (excluding diaryl/α,β-unsaturated/α-hetero) is 1. The lowest BCUT2D eigenvalue weighted by Crippen LogP contribution is -2.26. The molecule has 0 bridgehead atoms. The quantitative estimate of drug-likeness (QED) is 0.695. The van der Waals surface area contributed by atoms with E-state index in [1.165, 1.54) is 0 Å². The van der Waals surface area contributed by atoms with Crippen LogP contribution in [0.1, 0.15) is 41.0 Å². The molecule has 0 saturated heterocycles. The first kappa shape index (κ1) is 19.7. The molecule has 2 aromatic rings. The minimum atomic E-state index is -0.290. The summed E-state index contributed by atoms with van der Waals surface area (Å²) in [5, 5.41) is 2.83. The second-order valence-corrected chi connectivity index (χ2v) is 5.93. The van der Waals surface area contributed by atoms with Gasteiger partial charge in [-0.3, -0.25) is 9.59 Å². The summed E-state index contributed by atoms with van der Waals surface area (Å²) in [6.45, 7) is 6.65. The Morgan fingerprint density at radius 1 is 0.962 bits per heavy atom. The third-order valence-corrected chi connectivity index (χ3v) is 4.37. The first-order valence-corrected chi connectivity index (χ1v) is 8.89. The molecule has 5 nitrogen and oxygen atoms in total. The normalized spacial score (nSPS) is 10.6. The highest BCUT2D eigenvalue weighted by atomic mass is 16.5. The maximum atomic E-state index is 12.6. The molecule has 138 valence electrons. The molecule has 0 atom stereocenters. The van der Waals surface area contributed by atoms with Crippen LogP contribution in [0.2, 0.25) is 0 Å². The van der Waals surface area contributed by atoms with Crippen LogP contribution in [-0.4, -0.2) is 43.3 Å². The lowest BCUT2D eigenvalue weighted by atomic mass is 10.0. The molecule has 0 fully saturated rings. The summed E-state index contributed by atoms with van der Waals surface area (Å²) in [6, 6.07) is 14.0. The van der Waals surface area contributed by atoms with Gasteiger partial charge in [0.15, 0.2) is 5.78 Å². The van der Waals surface area contributed by atoms with Crippen molar-refractivity contribution >= 4 is 17.4 Å². The van der Waals surface area contributed by atoms with Crippen LogP contribution >= 0.6 is 0 Å². The number of hydrogen-bond acceptors (Lipinski definition) is 4. The molecule has 0 aromatic heterocycles. The molecule has 1 N–H and O–H groups in total. The average Bonchev–Trinajstić information content (AvgIpc) is 2.69. The fourth-order valence-corrected chi connectivity index (χ4v) is 2.73. The Kier molecular flexibility index (Phi) is 7.36. The van der Waals surface area contributed by atoms with Gasteiger partial charge in [-0.1, -0.05) is 32.0 Å². The number of hydrogen-bond donors (Lipinski definition) is 1. The molecule has 26 heavy (non-hydrogen) atoms. The molecular weight excluding hydrogens is 328 g/mol. The molecule has 2 aromatic carbocycles. The van der Waals surface area contributed by atoms with Crippen LogP contribution in [0, 0.1) is 0 Å². The van der Waals surface area contributed by atoms with E-state index < -0.39 is 0 Å². The smallest absolute Gasteiger partial charge is 0.256 e. The van der Waals surface area contributed by atoms with E-state index in [0.29, 0.717) is 29.8 Å². The van der Waals surface area contributed by atoms with Gasteiger partial charge in [-0.15, -0.1) is 0 Å². The highest BCUT2D eigenvalue weighted by molar-refractivity contribution is 6.12. The predicted octanol–water partition coefficient (Wildman–Crippen LogP) is 3.86. The molecule has 0 aliphatic carbocycles. The van der Waals surface area contributed by atoms with Crippen LogP contribution in [0.4, 0.5) is 5.69 Å². The van der Waals surface area contributed by atoms with E-state index >= 15 is 0 Å². The topological polar surface area (TPSA) is 58.6 Å². The van der Waals surface area contributed by atoms with Crippen LogP contribution in [0.15, 0.2) is 48.5 Å². The molecular formula is C21H26N2O3. The van der Waals surface area contributed by atoms with Gasteiger partial charge in [-0.05, 0) is 43.4 Å². The van der Waals surface area contributed by atoms with Crippen molar-refractivity contribution in [3.8, 4) is 5.75 Å². The highest BCUT2D eigenvalue weighted by Gasteiger charge is 2.17. The second kappa shape index (κ2) is 9.73. The number of ether oxygens (including phenoxy) is 1. The minimum Gasteiger partial charge on any atom is -0.497 e. The van der Waals surface area contributed by atoms with Crippen molar-refractivity contribution in [1.29, 1.82) is 0 Å². The van der Waals surface area contributed by atoms with Crippen molar-refractivity contribution in [1.82, 2.24) is 4.90 Å². The number of anilines is 1. The number of amides is 1. The first-order valence-electron chi connectivity index (χ1n) is 8.89. The van der Waals surface area contributed by atoms with Crippen LogP contribution in [-0.2, 0) is 0 Å². The van der Waals surface area contributed by atoms with Gasteiger partial charge in [0.05, 0.1) is 12.7 Å². The van der Waals surface area contributed by atoms with E-state index in [1.807, 2.05) is 0 Å². The standard InChI is InChI=1S/C21H26N2O3/c1-4-23(5-2)15-14-20(24)18-8-6-7-9-19(18)21(25)22-16-10-12-17(26-3)13-11-16/h6-13H,4-5,14-15H2,1-3H3,(H,22,25). The van der Waals surface area contributed by atoms with E-state index in [4.69, 9.17) is 4.74 Å². The summed E-state index contributed by atoms with van der Waals surface area (Å²) >= 11 is 0. The van der Waals surface area contributed by atoms with Gasteiger partial charge < -0.3 is 15.0 Å². The number of rotatable bonds is 9. The first-order chi connectivity index (χ1) is 12.6. The van der Waals surface area contributed by atoms with Crippen molar-refractivity contribution in [2.75, 3.05) is 32.1 Å². The summed E-state index contributed by atoms with van der Waals surface area (Å²) < 4.78 is 5.11. The minimum absolute atomic E-state index is 0.0163. The van der Waals surface area contributed by atoms with Gasteiger partial charge in [0.2, 0.25) is 0 Å². The van der Waals surface area contributed by atoms with E-state index in [2.05, 4.69) is 24.1 Å². The number of carbonyl (C=O) groups excluding carboxylic acids is 2. The molecule has 0 saturated carbocycles. The average molecular weight is 354 g/mol. The Balaban J connectivity index is 2.11. The number of nitrogens with zero attached hydrogens (tertiary/aromatic N) is 1. The Bertz CT molecular complexity index is 737. The molecule has 0 unspecified atom stereocenters. The van der Waals surface area contributed by atoms with Gasteiger partial charge in [0, 0.05) is 24.2 Å². The van der Waals surface area contributed by atoms with Crippen molar-refractivity contribution in [2.45, 2.75) is 20.3 Å². The molecule has 0 aliphatic heterocycles. The summed E-state index contributed by atoms with van der Waals surface area (Å²) in [5.74, 6) is 0.411. The second-order valence-electron chi connectivity index (χ2n) is 5.93. The zero-order valence-electron chi connectivity index (χ0n) is 15.6. The van der Waals surface area contributed by atoms with E-state index in [9.17, 15) is 9.59 Å². The lowest BCUT2D eigenvalue weighted by Gasteiger charge is -2.17. The van der Waals surface area contributed by atoms with Crippen molar-refractivity contribution in [3.63, 3.8) is 0 Å². The van der Waals surface area contributed by atoms with Crippen LogP contribution in [0.25, 0.3) is 0 Å². The van der Waals surface area contributed by atoms with Gasteiger partial charge in [0.1, 0.15) is 5.75 Å². The number of nitrogens with one attached hydrogen (secondary N) is 1. The van der Waals surface area contributed by atoms with Crippen LogP contribution in [0.3, 0.4) is 0 Å². The van der Waals surface area contributed by atoms with Gasteiger partial charge in [-0.2, -0.15) is 0 Å². The van der Waals surface area contributed by atoms with E-state index in [-0.39, 0.29) is 11.7 Å². The molecule has 1 amide bonds. The lowest BCUT2D eigenvalue weighted by molar-refractivity contribution is 0.0951. The number of carbonyl (C=O) groups is 2. The molecule has 0 heterocycles. The van der Waals surface area contributed by atoms with Crippen molar-refractivity contribution < 1.29 is 14.3 Å². The molecule has 0 aliphatic rings. The largest absolute Gasteiger partial charge is 0.497 e. The maximum absolute atomic E-state index is 12.6. The Hall–Kier alpha value is -2.66. The van der Waals surface area contributed by atoms with Gasteiger partial charge in [-0.25, -0.2) is 0 Å². The predicted molar refractivity (Wildman–Crippen MR) is 104 cm³/mol. The zero-order valence-corrected chi connectivity index (χ0v) is 15.6. The number of ketones is 1. The Morgan fingerprint density at radius 2 is 1.58 bits per heavy atom.